The van der Waals surface area contributed by atoms with Crippen LogP contribution >= 0.6 is 0 Å². The summed E-state index contributed by atoms with van der Waals surface area (Å²) in [5.41, 5.74) is 28.1. The standard InChI is InChI=1S/C62H38/c1-9-25-43-35(17-1)55-36-18-2-10-26-44(36)59(43)51-33-53-54(34-52(51)60(59)45-27-11-3-19-37(45)56(55)38-20-4-12-28-46(38)60)62-49-31-15-7-23-41(49)58(42-24-8-16-32-50(42)62)57-39-21-5-13-29-47(39)61(53,62)48-30-14-6-22-40(48)57/h1-34,55-58H. The van der Waals surface area contributed by atoms with Crippen LogP contribution in [0.4, 0.5) is 0 Å². The van der Waals surface area contributed by atoms with Crippen LogP contribution in [-0.4, -0.2) is 0 Å². The van der Waals surface area contributed by atoms with E-state index in [0.717, 1.165) is 0 Å². The number of benzene rings is 9. The van der Waals surface area contributed by atoms with E-state index in [-0.39, 0.29) is 23.7 Å². The van der Waals surface area contributed by atoms with E-state index in [4.69, 9.17) is 0 Å². The van der Waals surface area contributed by atoms with Gasteiger partial charge in [0.2, 0.25) is 0 Å². The predicted octanol–water partition coefficient (Wildman–Crippen LogP) is 12.9. The Hall–Kier alpha value is -7.02. The Morgan fingerprint density at radius 3 is 0.484 bits per heavy atom. The molecule has 0 unspecified atom stereocenters. The summed E-state index contributed by atoms with van der Waals surface area (Å²) in [6.45, 7) is 0. The second kappa shape index (κ2) is 10.0. The molecule has 23 rings (SSSR count). The van der Waals surface area contributed by atoms with Crippen LogP contribution in [0.2, 0.25) is 0 Å². The summed E-state index contributed by atoms with van der Waals surface area (Å²) >= 11 is 0. The lowest BCUT2D eigenvalue weighted by atomic mass is 9.28. The molecule has 0 saturated heterocycles. The molecule has 8 bridgehead atoms. The lowest BCUT2D eigenvalue weighted by Gasteiger charge is -2.72. The minimum absolute atomic E-state index is 0.217. The normalized spacial score (nSPS) is 29.5. The third-order valence-corrected chi connectivity index (χ3v) is 18.2. The molecule has 0 nitrogen and oxygen atoms in total. The van der Waals surface area contributed by atoms with Crippen LogP contribution in [-0.2, 0) is 21.7 Å². The highest BCUT2D eigenvalue weighted by atomic mass is 14.8. The maximum Gasteiger partial charge on any atom is 0.0638 e. The van der Waals surface area contributed by atoms with E-state index in [0.29, 0.717) is 0 Å². The van der Waals surface area contributed by atoms with Gasteiger partial charge in [0.25, 0.3) is 0 Å². The van der Waals surface area contributed by atoms with Crippen molar-refractivity contribution in [1.82, 2.24) is 0 Å². The molecule has 0 aliphatic heterocycles. The van der Waals surface area contributed by atoms with Crippen molar-refractivity contribution in [2.24, 2.45) is 0 Å². The molecule has 9 aromatic carbocycles. The molecule has 286 valence electrons. The number of rotatable bonds is 0. The van der Waals surface area contributed by atoms with E-state index in [9.17, 15) is 0 Å². The van der Waals surface area contributed by atoms with Crippen LogP contribution in [0.5, 0.6) is 0 Å². The minimum atomic E-state index is -0.441. The Balaban J connectivity index is 1.14. The first kappa shape index (κ1) is 31.8. The summed E-state index contributed by atoms with van der Waals surface area (Å²) in [6.07, 6.45) is 0. The Morgan fingerprint density at radius 2 is 0.323 bits per heavy atom. The van der Waals surface area contributed by atoms with Crippen molar-refractivity contribution >= 4 is 0 Å². The molecule has 0 heterocycles. The van der Waals surface area contributed by atoms with Gasteiger partial charge >= 0.3 is 0 Å². The summed E-state index contributed by atoms with van der Waals surface area (Å²) in [7, 11) is 0. The first-order chi connectivity index (χ1) is 30.8. The maximum absolute atomic E-state index is 2.79. The smallest absolute Gasteiger partial charge is 0.0619 e. The Morgan fingerprint density at radius 1 is 0.177 bits per heavy atom. The van der Waals surface area contributed by atoms with Crippen LogP contribution in [0.3, 0.4) is 0 Å². The molecule has 14 aliphatic rings. The average molecular weight is 783 g/mol. The highest BCUT2D eigenvalue weighted by Crippen LogP contribution is 2.82. The van der Waals surface area contributed by atoms with Crippen LogP contribution in [0, 0.1) is 0 Å². The lowest BCUT2D eigenvalue weighted by molar-refractivity contribution is 0.282. The van der Waals surface area contributed by atoms with Crippen LogP contribution < -0.4 is 0 Å². The van der Waals surface area contributed by atoms with Crippen molar-refractivity contribution in [3.8, 4) is 0 Å². The fourth-order valence-electron chi connectivity index (χ4n) is 16.9. The van der Waals surface area contributed by atoms with Crippen LogP contribution in [0.25, 0.3) is 0 Å². The van der Waals surface area contributed by atoms with Gasteiger partial charge in [-0.3, -0.25) is 0 Å². The van der Waals surface area contributed by atoms with Crippen molar-refractivity contribution in [1.29, 1.82) is 0 Å². The molecule has 0 amide bonds. The van der Waals surface area contributed by atoms with Gasteiger partial charge < -0.3 is 0 Å². The molecule has 0 N–H and O–H groups in total. The van der Waals surface area contributed by atoms with Gasteiger partial charge in [0.15, 0.2) is 0 Å². The van der Waals surface area contributed by atoms with Crippen molar-refractivity contribution < 1.29 is 0 Å². The molecule has 0 heteroatoms. The topological polar surface area (TPSA) is 0 Å². The third kappa shape index (κ3) is 2.78. The Labute approximate surface area is 361 Å². The molecular formula is C62H38. The zero-order valence-electron chi connectivity index (χ0n) is 33.9. The van der Waals surface area contributed by atoms with Gasteiger partial charge in [0.1, 0.15) is 0 Å². The summed E-state index contributed by atoms with van der Waals surface area (Å²) in [4.78, 5) is 0. The zero-order valence-corrected chi connectivity index (χ0v) is 33.9. The van der Waals surface area contributed by atoms with Gasteiger partial charge in [-0.1, -0.05) is 206 Å². The van der Waals surface area contributed by atoms with Gasteiger partial charge in [0.05, 0.1) is 21.7 Å². The molecule has 62 heavy (non-hydrogen) atoms. The van der Waals surface area contributed by atoms with Crippen molar-refractivity contribution in [2.45, 2.75) is 45.3 Å². The molecule has 9 aromatic rings. The number of hydrogen-bond acceptors (Lipinski definition) is 0. The fourth-order valence-corrected chi connectivity index (χ4v) is 16.9. The average Bonchev–Trinajstić information content (AvgIpc) is 3.32. The van der Waals surface area contributed by atoms with Gasteiger partial charge in [0, 0.05) is 23.7 Å². The Bertz CT molecular complexity index is 2940. The highest BCUT2D eigenvalue weighted by molar-refractivity contribution is 5.92. The summed E-state index contributed by atoms with van der Waals surface area (Å²) < 4.78 is 0. The summed E-state index contributed by atoms with van der Waals surface area (Å²) in [5, 5.41) is 0. The van der Waals surface area contributed by atoms with Gasteiger partial charge in [-0.2, -0.15) is 0 Å². The first-order valence-electron chi connectivity index (χ1n) is 22.7. The highest BCUT2D eigenvalue weighted by Gasteiger charge is 2.77. The second-order valence-corrected chi connectivity index (χ2v) is 19.6. The van der Waals surface area contributed by atoms with Crippen molar-refractivity contribution in [3.05, 3.63) is 318 Å². The molecule has 0 saturated carbocycles. The van der Waals surface area contributed by atoms with E-state index in [1.165, 1.54) is 111 Å². The van der Waals surface area contributed by atoms with Gasteiger partial charge in [-0.15, -0.1) is 0 Å². The van der Waals surface area contributed by atoms with Crippen LogP contribution in [0.15, 0.2) is 206 Å². The third-order valence-electron chi connectivity index (χ3n) is 18.2. The maximum atomic E-state index is 2.79. The summed E-state index contributed by atoms with van der Waals surface area (Å²) in [6, 6.07) is 82.7. The van der Waals surface area contributed by atoms with Gasteiger partial charge in [-0.05, 0) is 111 Å². The molecule has 4 spiro atoms. The predicted molar refractivity (Wildman–Crippen MR) is 245 cm³/mol. The van der Waals surface area contributed by atoms with Crippen molar-refractivity contribution in [3.63, 3.8) is 0 Å². The monoisotopic (exact) mass is 782 g/mol. The first-order valence-corrected chi connectivity index (χ1v) is 22.7. The molecule has 14 aliphatic carbocycles. The SMILES string of the molecule is c1ccc2c(c1)C1c3ccccc3C23c2cc4c(cc2C32c3ccccc3C1c1ccccc12)C12c3ccccc3C(c3ccccc31)C1c3ccccc3C42c2ccccc21. The van der Waals surface area contributed by atoms with E-state index >= 15 is 0 Å². The minimum Gasteiger partial charge on any atom is -0.0619 e. The van der Waals surface area contributed by atoms with E-state index in [1.54, 1.807) is 0 Å². The van der Waals surface area contributed by atoms with Crippen molar-refractivity contribution in [2.75, 3.05) is 0 Å². The number of hydrogen-bond donors (Lipinski definition) is 0. The summed E-state index contributed by atoms with van der Waals surface area (Å²) in [5.74, 6) is 0.867. The lowest BCUT2D eigenvalue weighted by Crippen LogP contribution is -2.69. The second-order valence-electron chi connectivity index (χ2n) is 19.6. The molecular weight excluding hydrogens is 745 g/mol. The molecule has 0 fully saturated rings. The van der Waals surface area contributed by atoms with E-state index < -0.39 is 21.7 Å². The fraction of sp³-hybridized carbons (Fsp3) is 0.129. The zero-order chi connectivity index (χ0) is 39.9. The molecule has 0 aromatic heterocycles. The number of fused-ring (bicyclic) bond motifs is 2. The van der Waals surface area contributed by atoms with Crippen LogP contribution in [0.1, 0.15) is 135 Å². The van der Waals surface area contributed by atoms with E-state index in [2.05, 4.69) is 206 Å². The molecule has 0 atom stereocenters. The largest absolute Gasteiger partial charge is 0.0638 e. The van der Waals surface area contributed by atoms with Gasteiger partial charge in [-0.25, -0.2) is 0 Å². The van der Waals surface area contributed by atoms with E-state index in [1.807, 2.05) is 0 Å². The Kier molecular flexibility index (Phi) is 5.14. The quantitative estimate of drug-likeness (QED) is 0.144. The molecule has 0 radical (unpaired) electrons.